The van der Waals surface area contributed by atoms with Gasteiger partial charge in [0.2, 0.25) is 5.91 Å². The monoisotopic (exact) mass is 251 g/mol. The first-order valence-electron chi connectivity index (χ1n) is 5.70. The quantitative estimate of drug-likeness (QED) is 0.800. The van der Waals surface area contributed by atoms with Crippen molar-refractivity contribution >= 4 is 11.9 Å². The molecule has 0 aliphatic rings. The van der Waals surface area contributed by atoms with Gasteiger partial charge in [-0.1, -0.05) is 18.2 Å². The van der Waals surface area contributed by atoms with Crippen molar-refractivity contribution in [2.45, 2.75) is 26.4 Å². The summed E-state index contributed by atoms with van der Waals surface area (Å²) in [6.07, 6.45) is -0.179. The Bertz CT molecular complexity index is 431. The van der Waals surface area contributed by atoms with E-state index >= 15 is 0 Å². The average Bonchev–Trinajstić information content (AvgIpc) is 2.29. The van der Waals surface area contributed by atoms with Crippen LogP contribution in [0.5, 0.6) is 5.75 Å². The first kappa shape index (κ1) is 14.0. The lowest BCUT2D eigenvalue weighted by atomic mass is 10.2. The molecule has 0 aliphatic heterocycles. The maximum atomic E-state index is 11.4. The number of benzene rings is 1. The molecule has 1 amide bonds. The van der Waals surface area contributed by atoms with Gasteiger partial charge in [0.1, 0.15) is 18.4 Å². The maximum absolute atomic E-state index is 11.4. The number of amides is 1. The number of rotatable bonds is 6. The van der Waals surface area contributed by atoms with Gasteiger partial charge < -0.3 is 15.2 Å². The number of carboxylic acid groups (broad SMARTS) is 1. The van der Waals surface area contributed by atoms with E-state index in [9.17, 15) is 9.59 Å². The number of carboxylic acids is 1. The Morgan fingerprint density at radius 1 is 1.39 bits per heavy atom. The van der Waals surface area contributed by atoms with Crippen molar-refractivity contribution in [1.29, 1.82) is 0 Å². The van der Waals surface area contributed by atoms with Gasteiger partial charge in [-0.25, -0.2) is 0 Å². The summed E-state index contributed by atoms with van der Waals surface area (Å²) in [4.78, 5) is 21.7. The normalized spacial score (nSPS) is 11.7. The van der Waals surface area contributed by atoms with Gasteiger partial charge in [-0.15, -0.1) is 0 Å². The van der Waals surface area contributed by atoms with Crippen LogP contribution in [0.1, 0.15) is 18.9 Å². The van der Waals surface area contributed by atoms with Crippen LogP contribution in [0.2, 0.25) is 0 Å². The molecule has 2 N–H and O–H groups in total. The SMILES string of the molecule is Cc1ccccc1OC(C)CC(=O)NCC(=O)O. The Morgan fingerprint density at radius 3 is 2.67 bits per heavy atom. The first-order chi connectivity index (χ1) is 8.49. The molecule has 1 unspecified atom stereocenters. The lowest BCUT2D eigenvalue weighted by molar-refractivity contribution is -0.138. The fourth-order valence-electron chi connectivity index (χ4n) is 1.45. The summed E-state index contributed by atoms with van der Waals surface area (Å²) < 4.78 is 5.61. The fourth-order valence-corrected chi connectivity index (χ4v) is 1.45. The molecule has 0 aromatic heterocycles. The molecule has 0 saturated carbocycles. The highest BCUT2D eigenvalue weighted by Crippen LogP contribution is 2.18. The first-order valence-corrected chi connectivity index (χ1v) is 5.70. The van der Waals surface area contributed by atoms with Gasteiger partial charge in [-0.05, 0) is 25.5 Å². The second kappa shape index (κ2) is 6.64. The van der Waals surface area contributed by atoms with E-state index in [1.807, 2.05) is 31.2 Å². The van der Waals surface area contributed by atoms with Crippen LogP contribution in [0.3, 0.4) is 0 Å². The Morgan fingerprint density at radius 2 is 2.06 bits per heavy atom. The smallest absolute Gasteiger partial charge is 0.322 e. The molecule has 5 heteroatoms. The number of carbonyl (C=O) groups excluding carboxylic acids is 1. The molecule has 1 rings (SSSR count). The number of carbonyl (C=O) groups is 2. The van der Waals surface area contributed by atoms with E-state index in [2.05, 4.69) is 5.32 Å². The number of aliphatic carboxylic acids is 1. The number of nitrogens with one attached hydrogen (secondary N) is 1. The minimum Gasteiger partial charge on any atom is -0.490 e. The number of ether oxygens (including phenoxy) is 1. The van der Waals surface area contributed by atoms with Crippen LogP contribution in [0.25, 0.3) is 0 Å². The molecular weight excluding hydrogens is 234 g/mol. The average molecular weight is 251 g/mol. The largest absolute Gasteiger partial charge is 0.490 e. The van der Waals surface area contributed by atoms with E-state index in [1.165, 1.54) is 0 Å². The van der Waals surface area contributed by atoms with E-state index in [0.717, 1.165) is 11.3 Å². The second-order valence-electron chi connectivity index (χ2n) is 4.07. The zero-order valence-electron chi connectivity index (χ0n) is 10.5. The van der Waals surface area contributed by atoms with Crippen molar-refractivity contribution in [3.63, 3.8) is 0 Å². The van der Waals surface area contributed by atoms with E-state index in [4.69, 9.17) is 9.84 Å². The van der Waals surface area contributed by atoms with Gasteiger partial charge in [0.25, 0.3) is 0 Å². The summed E-state index contributed by atoms with van der Waals surface area (Å²) in [6, 6.07) is 7.53. The topological polar surface area (TPSA) is 75.6 Å². The minimum atomic E-state index is -1.06. The van der Waals surface area contributed by atoms with E-state index in [-0.39, 0.29) is 25.0 Å². The van der Waals surface area contributed by atoms with Crippen LogP contribution in [-0.2, 0) is 9.59 Å². The van der Waals surface area contributed by atoms with Gasteiger partial charge in [0.05, 0.1) is 6.42 Å². The van der Waals surface area contributed by atoms with Gasteiger partial charge >= 0.3 is 5.97 Å². The molecule has 18 heavy (non-hydrogen) atoms. The van der Waals surface area contributed by atoms with Crippen molar-refractivity contribution in [2.24, 2.45) is 0 Å². The Kier molecular flexibility index (Phi) is 5.17. The molecule has 0 radical (unpaired) electrons. The lowest BCUT2D eigenvalue weighted by Gasteiger charge is -2.15. The molecule has 1 atom stereocenters. The number of aryl methyl sites for hydroxylation is 1. The Balaban J connectivity index is 2.42. The van der Waals surface area contributed by atoms with Crippen LogP contribution < -0.4 is 10.1 Å². The van der Waals surface area contributed by atoms with Crippen molar-refractivity contribution in [2.75, 3.05) is 6.54 Å². The minimum absolute atomic E-state index is 0.127. The van der Waals surface area contributed by atoms with E-state index < -0.39 is 5.97 Å². The summed E-state index contributed by atoms with van der Waals surface area (Å²) in [7, 11) is 0. The molecule has 0 fully saturated rings. The van der Waals surface area contributed by atoms with Gasteiger partial charge in [-0.2, -0.15) is 0 Å². The van der Waals surface area contributed by atoms with Crippen LogP contribution in [0.15, 0.2) is 24.3 Å². The van der Waals surface area contributed by atoms with Crippen LogP contribution in [0.4, 0.5) is 0 Å². The van der Waals surface area contributed by atoms with E-state index in [0.29, 0.717) is 0 Å². The predicted octanol–water partition coefficient (Wildman–Crippen LogP) is 1.35. The van der Waals surface area contributed by atoms with Gasteiger partial charge in [0.15, 0.2) is 0 Å². The maximum Gasteiger partial charge on any atom is 0.322 e. The summed E-state index contributed by atoms with van der Waals surface area (Å²) in [5.41, 5.74) is 0.996. The molecule has 0 saturated heterocycles. The summed E-state index contributed by atoms with van der Waals surface area (Å²) >= 11 is 0. The van der Waals surface area contributed by atoms with E-state index in [1.54, 1.807) is 6.92 Å². The third kappa shape index (κ3) is 4.86. The van der Waals surface area contributed by atoms with Crippen LogP contribution in [-0.4, -0.2) is 29.6 Å². The van der Waals surface area contributed by atoms with Crippen molar-refractivity contribution in [3.05, 3.63) is 29.8 Å². The summed E-state index contributed by atoms with van der Waals surface area (Å²) in [6.45, 7) is 3.33. The number of hydrogen-bond acceptors (Lipinski definition) is 3. The zero-order valence-corrected chi connectivity index (χ0v) is 10.5. The molecule has 98 valence electrons. The predicted molar refractivity (Wildman–Crippen MR) is 66.5 cm³/mol. The van der Waals surface area contributed by atoms with Gasteiger partial charge in [0, 0.05) is 0 Å². The molecule has 0 heterocycles. The van der Waals surface area contributed by atoms with Crippen molar-refractivity contribution in [1.82, 2.24) is 5.32 Å². The third-order valence-electron chi connectivity index (χ3n) is 2.33. The highest BCUT2D eigenvalue weighted by atomic mass is 16.5. The lowest BCUT2D eigenvalue weighted by Crippen LogP contribution is -2.32. The number of para-hydroxylation sites is 1. The second-order valence-corrected chi connectivity index (χ2v) is 4.07. The fraction of sp³-hybridized carbons (Fsp3) is 0.385. The van der Waals surface area contributed by atoms with Crippen LogP contribution >= 0.6 is 0 Å². The summed E-state index contributed by atoms with van der Waals surface area (Å²) in [5, 5.41) is 10.7. The molecule has 0 bridgehead atoms. The zero-order chi connectivity index (χ0) is 13.5. The Labute approximate surface area is 106 Å². The molecule has 1 aromatic carbocycles. The van der Waals surface area contributed by atoms with Crippen LogP contribution in [0, 0.1) is 6.92 Å². The third-order valence-corrected chi connectivity index (χ3v) is 2.33. The number of hydrogen-bond donors (Lipinski definition) is 2. The molecule has 0 aliphatic carbocycles. The highest BCUT2D eigenvalue weighted by Gasteiger charge is 2.12. The van der Waals surface area contributed by atoms with Crippen molar-refractivity contribution in [3.8, 4) is 5.75 Å². The molecular formula is C13H17NO4. The molecule has 5 nitrogen and oxygen atoms in total. The molecule has 0 spiro atoms. The van der Waals surface area contributed by atoms with Gasteiger partial charge in [-0.3, -0.25) is 9.59 Å². The Hall–Kier alpha value is -2.04. The molecule has 1 aromatic rings. The highest BCUT2D eigenvalue weighted by molar-refractivity contribution is 5.81. The van der Waals surface area contributed by atoms with Crippen molar-refractivity contribution < 1.29 is 19.4 Å². The summed E-state index contributed by atoms with van der Waals surface area (Å²) in [5.74, 6) is -0.662. The standard InChI is InChI=1S/C13H17NO4/c1-9-5-3-4-6-11(9)18-10(2)7-12(15)14-8-13(16)17/h3-6,10H,7-8H2,1-2H3,(H,14,15)(H,16,17).